The molecule has 3 rings (SSSR count). The third-order valence-corrected chi connectivity index (χ3v) is 5.87. The van der Waals surface area contributed by atoms with Crippen molar-refractivity contribution in [1.82, 2.24) is 0 Å². The average Bonchev–Trinajstić information content (AvgIpc) is 2.91. The predicted molar refractivity (Wildman–Crippen MR) is 110 cm³/mol. The van der Waals surface area contributed by atoms with Crippen molar-refractivity contribution in [2.24, 2.45) is 0 Å². The summed E-state index contributed by atoms with van der Waals surface area (Å²) in [5, 5.41) is 2.77. The van der Waals surface area contributed by atoms with E-state index in [1.165, 1.54) is 6.07 Å². The van der Waals surface area contributed by atoms with Crippen molar-refractivity contribution in [2.45, 2.75) is 25.7 Å². The minimum Gasteiger partial charge on any atom is -0.377 e. The van der Waals surface area contributed by atoms with Gasteiger partial charge in [0.15, 0.2) is 0 Å². The number of nitrogens with one attached hydrogen (secondary N) is 2. The number of amides is 1. The summed E-state index contributed by atoms with van der Waals surface area (Å²) in [6.07, 6.45) is 0. The number of fused-ring (bicyclic) bond motifs is 1. The molecule has 0 spiro atoms. The average molecular weight is 385 g/mol. The van der Waals surface area contributed by atoms with E-state index in [1.807, 2.05) is 45.8 Å². The maximum absolute atomic E-state index is 12.9. The topological polar surface area (TPSA) is 78.5 Å². The third kappa shape index (κ3) is 3.55. The molecule has 7 heteroatoms. The van der Waals surface area contributed by atoms with Crippen molar-refractivity contribution in [1.29, 1.82) is 0 Å². The maximum atomic E-state index is 12.9. The molecule has 0 saturated heterocycles. The molecule has 0 bridgehead atoms. The van der Waals surface area contributed by atoms with Gasteiger partial charge in [-0.25, -0.2) is 8.42 Å². The van der Waals surface area contributed by atoms with Gasteiger partial charge in [-0.1, -0.05) is 11.6 Å². The Labute approximate surface area is 159 Å². The first-order valence-electron chi connectivity index (χ1n) is 8.54. The summed E-state index contributed by atoms with van der Waals surface area (Å²) >= 11 is 0. The number of rotatable bonds is 4. The molecule has 2 N–H and O–H groups in total. The number of sulfonamides is 1. The van der Waals surface area contributed by atoms with Crippen LogP contribution >= 0.6 is 0 Å². The van der Waals surface area contributed by atoms with Crippen LogP contribution in [0.3, 0.4) is 0 Å². The lowest BCUT2D eigenvalue weighted by Crippen LogP contribution is -2.15. The van der Waals surface area contributed by atoms with Crippen molar-refractivity contribution in [2.75, 3.05) is 29.0 Å². The molecular formula is C20H23N3O3S. The van der Waals surface area contributed by atoms with Crippen LogP contribution < -0.4 is 14.9 Å². The van der Waals surface area contributed by atoms with E-state index in [0.717, 1.165) is 16.8 Å². The second-order valence-electron chi connectivity index (χ2n) is 7.04. The molecule has 142 valence electrons. The first-order chi connectivity index (χ1) is 12.6. The summed E-state index contributed by atoms with van der Waals surface area (Å²) in [5.74, 6) is -0.207. The number of carbonyl (C=O) groups excluding carboxylic acids is 1. The summed E-state index contributed by atoms with van der Waals surface area (Å²) in [6, 6.07) is 10.1. The molecule has 0 saturated carbocycles. The molecule has 0 radical (unpaired) electrons. The van der Waals surface area contributed by atoms with Gasteiger partial charge >= 0.3 is 0 Å². The quantitative estimate of drug-likeness (QED) is 0.788. The van der Waals surface area contributed by atoms with Gasteiger partial charge in [0.05, 0.1) is 10.6 Å². The molecule has 2 aromatic carbocycles. The van der Waals surface area contributed by atoms with Crippen LogP contribution in [0, 0.1) is 6.92 Å². The van der Waals surface area contributed by atoms with Gasteiger partial charge in [-0.15, -0.1) is 0 Å². The first kappa shape index (κ1) is 19.0. The maximum Gasteiger partial charge on any atom is 0.261 e. The lowest BCUT2D eigenvalue weighted by molar-refractivity contribution is -0.110. The van der Waals surface area contributed by atoms with E-state index in [4.69, 9.17) is 0 Å². The van der Waals surface area contributed by atoms with Crippen LogP contribution in [0.2, 0.25) is 0 Å². The smallest absolute Gasteiger partial charge is 0.261 e. The molecule has 1 aliphatic rings. The highest BCUT2D eigenvalue weighted by Gasteiger charge is 2.27. The molecule has 0 unspecified atom stereocenters. The van der Waals surface area contributed by atoms with Gasteiger partial charge in [0.1, 0.15) is 0 Å². The SMILES string of the molecule is CC(C)=C1C(=O)Nc2ccc(S(=O)(=O)Nc3ccc(C)c(N(C)C)c3)cc21. The van der Waals surface area contributed by atoms with E-state index in [2.05, 4.69) is 10.0 Å². The molecular weight excluding hydrogens is 362 g/mol. The number of benzene rings is 2. The van der Waals surface area contributed by atoms with Crippen LogP contribution in [0.5, 0.6) is 0 Å². The largest absolute Gasteiger partial charge is 0.377 e. The number of aryl methyl sites for hydroxylation is 1. The Morgan fingerprint density at radius 1 is 1.07 bits per heavy atom. The van der Waals surface area contributed by atoms with Gasteiger partial charge in [-0.3, -0.25) is 9.52 Å². The van der Waals surface area contributed by atoms with Gasteiger partial charge in [-0.05, 0) is 56.7 Å². The van der Waals surface area contributed by atoms with Crippen LogP contribution in [0.4, 0.5) is 17.1 Å². The molecule has 1 heterocycles. The zero-order valence-corrected chi connectivity index (χ0v) is 16.9. The second kappa shape index (κ2) is 6.74. The monoisotopic (exact) mass is 385 g/mol. The Morgan fingerprint density at radius 2 is 1.78 bits per heavy atom. The van der Waals surface area contributed by atoms with Crippen LogP contribution in [-0.4, -0.2) is 28.4 Å². The van der Waals surface area contributed by atoms with Gasteiger partial charge < -0.3 is 10.2 Å². The van der Waals surface area contributed by atoms with Crippen molar-refractivity contribution < 1.29 is 13.2 Å². The van der Waals surface area contributed by atoms with E-state index in [-0.39, 0.29) is 10.8 Å². The zero-order valence-electron chi connectivity index (χ0n) is 16.0. The van der Waals surface area contributed by atoms with Crippen molar-refractivity contribution in [3.8, 4) is 0 Å². The van der Waals surface area contributed by atoms with Crippen LogP contribution in [0.1, 0.15) is 25.0 Å². The third-order valence-electron chi connectivity index (χ3n) is 4.49. The van der Waals surface area contributed by atoms with E-state index >= 15 is 0 Å². The molecule has 2 aromatic rings. The van der Waals surface area contributed by atoms with Crippen molar-refractivity contribution in [3.63, 3.8) is 0 Å². The number of nitrogens with zero attached hydrogens (tertiary/aromatic N) is 1. The fourth-order valence-corrected chi connectivity index (χ4v) is 4.25. The van der Waals surface area contributed by atoms with Gasteiger partial charge in [0.2, 0.25) is 0 Å². The Kier molecular flexibility index (Phi) is 4.73. The number of allylic oxidation sites excluding steroid dienone is 1. The molecule has 0 aromatic heterocycles. The number of hydrogen-bond donors (Lipinski definition) is 2. The lowest BCUT2D eigenvalue weighted by Gasteiger charge is -2.17. The van der Waals surface area contributed by atoms with Crippen LogP contribution in [0.25, 0.3) is 5.57 Å². The molecule has 0 fully saturated rings. The Bertz CT molecular complexity index is 1070. The highest BCUT2D eigenvalue weighted by Crippen LogP contribution is 2.35. The first-order valence-corrected chi connectivity index (χ1v) is 10.0. The molecule has 1 amide bonds. The van der Waals surface area contributed by atoms with Gasteiger partial charge in [0, 0.05) is 36.6 Å². The predicted octanol–water partition coefficient (Wildman–Crippen LogP) is 3.61. The summed E-state index contributed by atoms with van der Waals surface area (Å²) in [4.78, 5) is 14.2. The molecule has 0 aliphatic carbocycles. The summed E-state index contributed by atoms with van der Waals surface area (Å²) in [7, 11) is 0.0306. The summed E-state index contributed by atoms with van der Waals surface area (Å²) < 4.78 is 28.4. The molecule has 1 aliphatic heterocycles. The zero-order chi connectivity index (χ0) is 19.9. The fourth-order valence-electron chi connectivity index (χ4n) is 3.18. The van der Waals surface area contributed by atoms with E-state index in [9.17, 15) is 13.2 Å². The molecule has 0 atom stereocenters. The minimum atomic E-state index is -3.79. The minimum absolute atomic E-state index is 0.114. The Hall–Kier alpha value is -2.80. The summed E-state index contributed by atoms with van der Waals surface area (Å²) in [6.45, 7) is 5.64. The normalized spacial score (nSPS) is 13.2. The highest BCUT2D eigenvalue weighted by molar-refractivity contribution is 7.92. The van der Waals surface area contributed by atoms with Crippen LogP contribution in [0.15, 0.2) is 46.9 Å². The molecule has 6 nitrogen and oxygen atoms in total. The number of carbonyl (C=O) groups is 1. The van der Waals surface area contributed by atoms with Crippen molar-refractivity contribution in [3.05, 3.63) is 53.1 Å². The summed E-state index contributed by atoms with van der Waals surface area (Å²) in [5.41, 5.74) is 5.07. The van der Waals surface area contributed by atoms with E-state index < -0.39 is 10.0 Å². The number of anilines is 3. The van der Waals surface area contributed by atoms with Crippen molar-refractivity contribution >= 4 is 38.6 Å². The number of hydrogen-bond acceptors (Lipinski definition) is 4. The second-order valence-corrected chi connectivity index (χ2v) is 8.72. The standard InChI is InChI=1S/C20H23N3O3S/c1-12(2)19-16-11-15(8-9-17(16)21-20(19)24)27(25,26)22-14-7-6-13(3)18(10-14)23(4)5/h6-11,22H,1-5H3,(H,21,24). The van der Waals surface area contributed by atoms with E-state index in [1.54, 1.807) is 24.3 Å². The Balaban J connectivity index is 1.99. The lowest BCUT2D eigenvalue weighted by atomic mass is 10.0. The fraction of sp³-hybridized carbons (Fsp3) is 0.250. The van der Waals surface area contributed by atoms with Crippen LogP contribution in [-0.2, 0) is 14.8 Å². The van der Waals surface area contributed by atoms with Gasteiger partial charge in [0.25, 0.3) is 15.9 Å². The van der Waals surface area contributed by atoms with E-state index in [0.29, 0.717) is 22.5 Å². The highest BCUT2D eigenvalue weighted by atomic mass is 32.2. The van der Waals surface area contributed by atoms with Gasteiger partial charge in [-0.2, -0.15) is 0 Å². The Morgan fingerprint density at radius 3 is 2.41 bits per heavy atom. The molecule has 27 heavy (non-hydrogen) atoms.